The van der Waals surface area contributed by atoms with E-state index < -0.39 is 15.9 Å². The smallest absolute Gasteiger partial charge is 0.236 e. The standard InChI is InChI=1S/C17H26N2O3S2.ClH/c1-24(21,22)12-9-15(18)16(20)19-13-17(10-5-6-11-17)23-14-7-3-2-4-8-14;/h2-4,7-8,15H,5-6,9-13,18H2,1H3,(H,19,20);1H. The second-order valence-corrected chi connectivity index (χ2v) is 10.3. The summed E-state index contributed by atoms with van der Waals surface area (Å²) in [6.07, 6.45) is 5.76. The van der Waals surface area contributed by atoms with Gasteiger partial charge in [-0.1, -0.05) is 31.0 Å². The van der Waals surface area contributed by atoms with E-state index in [0.29, 0.717) is 6.54 Å². The Kier molecular flexibility index (Phi) is 8.74. The molecule has 1 aliphatic carbocycles. The number of nitrogens with two attached hydrogens (primary N) is 1. The minimum Gasteiger partial charge on any atom is -0.353 e. The third-order valence-corrected chi connectivity index (χ3v) is 6.78. The predicted molar refractivity (Wildman–Crippen MR) is 106 cm³/mol. The van der Waals surface area contributed by atoms with E-state index in [4.69, 9.17) is 5.73 Å². The van der Waals surface area contributed by atoms with Crippen molar-refractivity contribution in [3.63, 3.8) is 0 Å². The van der Waals surface area contributed by atoms with E-state index in [0.717, 1.165) is 31.9 Å². The second kappa shape index (κ2) is 9.80. The van der Waals surface area contributed by atoms with Gasteiger partial charge in [0.2, 0.25) is 5.91 Å². The van der Waals surface area contributed by atoms with Crippen LogP contribution in [0.4, 0.5) is 0 Å². The van der Waals surface area contributed by atoms with Crippen LogP contribution in [-0.4, -0.2) is 43.7 Å². The van der Waals surface area contributed by atoms with Crippen molar-refractivity contribution in [1.82, 2.24) is 5.32 Å². The fourth-order valence-electron chi connectivity index (χ4n) is 2.92. The maximum Gasteiger partial charge on any atom is 0.236 e. The molecule has 0 spiro atoms. The van der Waals surface area contributed by atoms with Gasteiger partial charge in [0.1, 0.15) is 9.84 Å². The number of thioether (sulfide) groups is 1. The van der Waals surface area contributed by atoms with Gasteiger partial charge < -0.3 is 11.1 Å². The first-order valence-corrected chi connectivity index (χ1v) is 11.1. The monoisotopic (exact) mass is 406 g/mol. The van der Waals surface area contributed by atoms with E-state index in [1.54, 1.807) is 0 Å². The molecule has 0 bridgehead atoms. The van der Waals surface area contributed by atoms with Crippen molar-refractivity contribution < 1.29 is 13.2 Å². The molecule has 1 fully saturated rings. The minimum absolute atomic E-state index is 0. The van der Waals surface area contributed by atoms with Crippen LogP contribution in [-0.2, 0) is 14.6 Å². The molecule has 1 aromatic rings. The first-order valence-electron chi connectivity index (χ1n) is 8.25. The van der Waals surface area contributed by atoms with Gasteiger partial charge in [0.25, 0.3) is 0 Å². The highest BCUT2D eigenvalue weighted by molar-refractivity contribution is 8.00. The van der Waals surface area contributed by atoms with Crippen LogP contribution in [0.1, 0.15) is 32.1 Å². The van der Waals surface area contributed by atoms with Crippen LogP contribution < -0.4 is 11.1 Å². The molecule has 8 heteroatoms. The van der Waals surface area contributed by atoms with Gasteiger partial charge in [-0.05, 0) is 31.4 Å². The number of hydrogen-bond acceptors (Lipinski definition) is 5. The van der Waals surface area contributed by atoms with E-state index >= 15 is 0 Å². The molecular formula is C17H27ClN2O3S2. The fraction of sp³-hybridized carbons (Fsp3) is 0.588. The summed E-state index contributed by atoms with van der Waals surface area (Å²) in [4.78, 5) is 13.4. The molecule has 5 nitrogen and oxygen atoms in total. The van der Waals surface area contributed by atoms with Gasteiger partial charge >= 0.3 is 0 Å². The number of halogens is 1. The number of amides is 1. The Balaban J connectivity index is 0.00000312. The zero-order valence-electron chi connectivity index (χ0n) is 14.4. The lowest BCUT2D eigenvalue weighted by Crippen LogP contribution is -2.46. The molecule has 3 N–H and O–H groups in total. The summed E-state index contributed by atoms with van der Waals surface area (Å²) >= 11 is 1.82. The third kappa shape index (κ3) is 7.56. The molecule has 0 radical (unpaired) electrons. The number of nitrogens with one attached hydrogen (secondary N) is 1. The Bertz CT molecular complexity index is 647. The van der Waals surface area contributed by atoms with Crippen LogP contribution in [0.5, 0.6) is 0 Å². The van der Waals surface area contributed by atoms with Gasteiger partial charge in [-0.15, -0.1) is 24.2 Å². The van der Waals surface area contributed by atoms with Gasteiger partial charge in [-0.2, -0.15) is 0 Å². The van der Waals surface area contributed by atoms with E-state index in [2.05, 4.69) is 17.4 Å². The Labute approximate surface area is 160 Å². The van der Waals surface area contributed by atoms with Crippen molar-refractivity contribution in [2.75, 3.05) is 18.6 Å². The van der Waals surface area contributed by atoms with Crippen LogP contribution in [0.15, 0.2) is 35.2 Å². The van der Waals surface area contributed by atoms with E-state index in [9.17, 15) is 13.2 Å². The molecule has 1 saturated carbocycles. The minimum atomic E-state index is -3.10. The zero-order chi connectivity index (χ0) is 17.6. The molecule has 1 aliphatic rings. The van der Waals surface area contributed by atoms with Crippen molar-refractivity contribution in [3.05, 3.63) is 30.3 Å². The normalized spacial score (nSPS) is 17.5. The molecule has 25 heavy (non-hydrogen) atoms. The highest BCUT2D eigenvalue weighted by Gasteiger charge is 2.35. The summed E-state index contributed by atoms with van der Waals surface area (Å²) in [5.74, 6) is -0.329. The van der Waals surface area contributed by atoms with Crippen molar-refractivity contribution in [2.24, 2.45) is 5.73 Å². The number of carbonyl (C=O) groups is 1. The van der Waals surface area contributed by atoms with Gasteiger partial charge in [0.15, 0.2) is 0 Å². The third-order valence-electron chi connectivity index (χ3n) is 4.31. The SMILES string of the molecule is CS(=O)(=O)CCC(N)C(=O)NCC1(Sc2ccccc2)CCCC1.Cl. The maximum atomic E-state index is 12.2. The van der Waals surface area contributed by atoms with E-state index in [-0.39, 0.29) is 35.2 Å². The maximum absolute atomic E-state index is 12.2. The summed E-state index contributed by atoms with van der Waals surface area (Å²) in [7, 11) is -3.10. The molecule has 1 unspecified atom stereocenters. The molecule has 1 atom stereocenters. The van der Waals surface area contributed by atoms with Crippen LogP contribution in [0.2, 0.25) is 0 Å². The molecule has 0 heterocycles. The van der Waals surface area contributed by atoms with Crippen LogP contribution in [0.3, 0.4) is 0 Å². The van der Waals surface area contributed by atoms with Gasteiger partial charge in [-0.3, -0.25) is 4.79 Å². The first kappa shape index (κ1) is 22.3. The van der Waals surface area contributed by atoms with Crippen LogP contribution >= 0.6 is 24.2 Å². The lowest BCUT2D eigenvalue weighted by Gasteiger charge is -2.29. The summed E-state index contributed by atoms with van der Waals surface area (Å²) in [5.41, 5.74) is 5.82. The van der Waals surface area contributed by atoms with Gasteiger partial charge in [0, 0.05) is 22.4 Å². The molecule has 1 aromatic carbocycles. The van der Waals surface area contributed by atoms with Gasteiger partial charge in [0.05, 0.1) is 11.8 Å². The molecular weight excluding hydrogens is 380 g/mol. The topological polar surface area (TPSA) is 89.3 Å². The Hall–Kier alpha value is -0.760. The predicted octanol–water partition coefficient (Wildman–Crippen LogP) is 2.39. The Morgan fingerprint density at radius 3 is 2.44 bits per heavy atom. The first-order chi connectivity index (χ1) is 11.3. The summed E-state index contributed by atoms with van der Waals surface area (Å²) in [6, 6.07) is 9.43. The average Bonchev–Trinajstić information content (AvgIpc) is 2.99. The van der Waals surface area contributed by atoms with Crippen molar-refractivity contribution in [1.29, 1.82) is 0 Å². The largest absolute Gasteiger partial charge is 0.353 e. The van der Waals surface area contributed by atoms with Crippen molar-refractivity contribution >= 4 is 39.9 Å². The Morgan fingerprint density at radius 1 is 1.28 bits per heavy atom. The van der Waals surface area contributed by atoms with Crippen LogP contribution in [0, 0.1) is 0 Å². The van der Waals surface area contributed by atoms with Gasteiger partial charge in [-0.25, -0.2) is 8.42 Å². The van der Waals surface area contributed by atoms with Crippen molar-refractivity contribution in [2.45, 2.75) is 47.8 Å². The molecule has 2 rings (SSSR count). The number of carbonyl (C=O) groups excluding carboxylic acids is 1. The number of sulfone groups is 1. The summed E-state index contributed by atoms with van der Waals surface area (Å²) in [6.45, 7) is 0.567. The second-order valence-electron chi connectivity index (χ2n) is 6.55. The molecule has 142 valence electrons. The summed E-state index contributed by atoms with van der Waals surface area (Å²) in [5, 5.41) is 2.94. The van der Waals surface area contributed by atoms with E-state index in [1.807, 2.05) is 30.0 Å². The number of rotatable bonds is 8. The quantitative estimate of drug-likeness (QED) is 0.691. The lowest BCUT2D eigenvalue weighted by molar-refractivity contribution is -0.122. The fourth-order valence-corrected chi connectivity index (χ4v) is 5.04. The lowest BCUT2D eigenvalue weighted by atomic mass is 10.1. The zero-order valence-corrected chi connectivity index (χ0v) is 16.9. The molecule has 0 aliphatic heterocycles. The number of hydrogen-bond donors (Lipinski definition) is 2. The van der Waals surface area contributed by atoms with E-state index in [1.165, 1.54) is 4.90 Å². The Morgan fingerprint density at radius 2 is 1.88 bits per heavy atom. The molecule has 1 amide bonds. The summed E-state index contributed by atoms with van der Waals surface area (Å²) < 4.78 is 22.4. The van der Waals surface area contributed by atoms with Crippen LogP contribution in [0.25, 0.3) is 0 Å². The highest BCUT2D eigenvalue weighted by Crippen LogP contribution is 2.44. The molecule has 0 saturated heterocycles. The molecule has 0 aromatic heterocycles. The number of benzene rings is 1. The van der Waals surface area contributed by atoms with Crippen molar-refractivity contribution in [3.8, 4) is 0 Å². The highest BCUT2D eigenvalue weighted by atomic mass is 35.5. The average molecular weight is 407 g/mol.